The number of hydrogen-bond acceptors (Lipinski definition) is 3. The van der Waals surface area contributed by atoms with E-state index < -0.39 is 37.7 Å². The molecule has 1 aromatic heterocycles. The van der Waals surface area contributed by atoms with Crippen molar-refractivity contribution in [2.75, 3.05) is 0 Å². The van der Waals surface area contributed by atoms with E-state index in [2.05, 4.69) is 61.6 Å². The number of benzene rings is 1. The van der Waals surface area contributed by atoms with Gasteiger partial charge in [0.15, 0.2) is 8.32 Å². The minimum atomic E-state index is -5.67. The van der Waals surface area contributed by atoms with E-state index in [-0.39, 0.29) is 22.5 Å². The Kier molecular flexibility index (Phi) is 7.83. The molecule has 0 amide bonds. The molecule has 3 aliphatic rings. The van der Waals surface area contributed by atoms with Crippen LogP contribution in [0.25, 0.3) is 0 Å². The third-order valence-electron chi connectivity index (χ3n) is 10.3. The first kappa shape index (κ1) is 32.5. The van der Waals surface area contributed by atoms with Gasteiger partial charge in [-0.2, -0.15) is 22.0 Å². The molecule has 1 aliphatic heterocycles. The molecular weight excluding hydrogens is 577 g/mol. The van der Waals surface area contributed by atoms with Gasteiger partial charge in [-0.1, -0.05) is 85.6 Å². The SMILES string of the molecule is CC(C)c1nc2c(c3c1C(c1ccc(C(F)(F)C(F)(F)F)cc1)OC31CCCC1)C(O[Si](C)(C)C(C)(C)C)CC(C)(C)C2. The van der Waals surface area contributed by atoms with Gasteiger partial charge in [-0.3, -0.25) is 4.98 Å². The van der Waals surface area contributed by atoms with Crippen LogP contribution in [0.3, 0.4) is 0 Å². The van der Waals surface area contributed by atoms with Crippen LogP contribution in [0.4, 0.5) is 22.0 Å². The lowest BCUT2D eigenvalue weighted by atomic mass is 9.70. The highest BCUT2D eigenvalue weighted by molar-refractivity contribution is 6.74. The van der Waals surface area contributed by atoms with Crippen molar-refractivity contribution in [3.63, 3.8) is 0 Å². The van der Waals surface area contributed by atoms with Crippen LogP contribution >= 0.6 is 0 Å². The third kappa shape index (κ3) is 5.49. The second kappa shape index (κ2) is 10.3. The summed E-state index contributed by atoms with van der Waals surface area (Å²) < 4.78 is 81.9. The van der Waals surface area contributed by atoms with Gasteiger partial charge in [0.25, 0.3) is 0 Å². The largest absolute Gasteiger partial charge is 0.458 e. The Morgan fingerprint density at radius 2 is 1.53 bits per heavy atom. The summed E-state index contributed by atoms with van der Waals surface area (Å²) in [5.74, 6) is -4.88. The lowest BCUT2D eigenvalue weighted by molar-refractivity contribution is -0.289. The minimum Gasteiger partial charge on any atom is -0.410 e. The quantitative estimate of drug-likeness (QED) is 0.245. The van der Waals surface area contributed by atoms with E-state index in [0.29, 0.717) is 5.56 Å². The van der Waals surface area contributed by atoms with Crippen LogP contribution in [0.2, 0.25) is 18.1 Å². The predicted octanol–water partition coefficient (Wildman–Crippen LogP) is 10.8. The molecule has 2 unspecified atom stereocenters. The number of fused-ring (bicyclic) bond motifs is 4. The van der Waals surface area contributed by atoms with E-state index >= 15 is 0 Å². The molecule has 0 saturated heterocycles. The van der Waals surface area contributed by atoms with Gasteiger partial charge in [0.1, 0.15) is 6.10 Å². The topological polar surface area (TPSA) is 31.4 Å². The zero-order chi connectivity index (χ0) is 32.0. The number of aromatic nitrogens is 1. The maximum Gasteiger partial charge on any atom is 0.458 e. The molecule has 1 fully saturated rings. The Labute approximate surface area is 254 Å². The van der Waals surface area contributed by atoms with Crippen LogP contribution in [0.1, 0.15) is 138 Å². The standard InChI is InChI=1S/C34H46F5NO2Si/c1-20(2)28-26-27(25-23(40-28)18-31(6,7)19-24(25)42-43(8,9)30(3,4)5)32(16-10-11-17-32)41-29(26)21-12-14-22(15-13-21)33(35,36)34(37,38)39/h12-15,20,24,29H,10-11,16-19H2,1-9H3. The molecule has 1 spiro atoms. The number of ether oxygens (including phenoxy) is 1. The molecule has 1 aromatic carbocycles. The van der Waals surface area contributed by atoms with Crippen LogP contribution in [-0.2, 0) is 27.1 Å². The van der Waals surface area contributed by atoms with Gasteiger partial charge in [-0.15, -0.1) is 0 Å². The van der Waals surface area contributed by atoms with Gasteiger partial charge in [-0.05, 0) is 66.3 Å². The number of hydrogen-bond donors (Lipinski definition) is 0. The summed E-state index contributed by atoms with van der Waals surface area (Å²) in [6, 6.07) is 4.51. The van der Waals surface area contributed by atoms with Crippen LogP contribution in [0.5, 0.6) is 0 Å². The summed E-state index contributed by atoms with van der Waals surface area (Å²) in [4.78, 5) is 5.33. The second-order valence-corrected chi connectivity index (χ2v) is 20.4. The molecule has 2 atom stereocenters. The lowest BCUT2D eigenvalue weighted by Gasteiger charge is -2.45. The number of rotatable bonds is 5. The van der Waals surface area contributed by atoms with Crippen molar-refractivity contribution in [3.8, 4) is 0 Å². The third-order valence-corrected chi connectivity index (χ3v) is 14.8. The van der Waals surface area contributed by atoms with Gasteiger partial charge in [0, 0.05) is 28.1 Å². The van der Waals surface area contributed by atoms with E-state index in [0.717, 1.165) is 78.7 Å². The molecule has 2 heterocycles. The fourth-order valence-corrected chi connectivity index (χ4v) is 8.31. The zero-order valence-electron chi connectivity index (χ0n) is 26.9. The van der Waals surface area contributed by atoms with Crippen molar-refractivity contribution in [3.05, 3.63) is 63.5 Å². The molecule has 1 saturated carbocycles. The Balaban J connectivity index is 1.72. The highest BCUT2D eigenvalue weighted by Gasteiger charge is 2.59. The molecule has 2 aliphatic carbocycles. The normalized spacial score (nSPS) is 23.6. The molecule has 238 valence electrons. The van der Waals surface area contributed by atoms with E-state index in [4.69, 9.17) is 14.1 Å². The van der Waals surface area contributed by atoms with Gasteiger partial charge in [-0.25, -0.2) is 0 Å². The monoisotopic (exact) mass is 623 g/mol. The summed E-state index contributed by atoms with van der Waals surface area (Å²) in [7, 11) is -2.19. The summed E-state index contributed by atoms with van der Waals surface area (Å²) in [5.41, 5.74) is 4.10. The maximum absolute atomic E-state index is 14.2. The van der Waals surface area contributed by atoms with Gasteiger partial charge in [0.05, 0.1) is 11.7 Å². The number of nitrogens with zero attached hydrogens (tertiary/aromatic N) is 1. The van der Waals surface area contributed by atoms with Crippen molar-refractivity contribution in [2.24, 2.45) is 5.41 Å². The van der Waals surface area contributed by atoms with Crippen molar-refractivity contribution >= 4 is 8.32 Å². The number of pyridine rings is 1. The average Bonchev–Trinajstić information content (AvgIpc) is 3.46. The first-order valence-corrected chi connectivity index (χ1v) is 18.5. The van der Waals surface area contributed by atoms with Gasteiger partial charge in [0.2, 0.25) is 0 Å². The van der Waals surface area contributed by atoms with Crippen molar-refractivity contribution in [1.82, 2.24) is 4.98 Å². The first-order valence-electron chi connectivity index (χ1n) is 15.6. The Bertz CT molecular complexity index is 1370. The maximum atomic E-state index is 14.2. The van der Waals surface area contributed by atoms with Crippen molar-refractivity contribution in [1.29, 1.82) is 0 Å². The highest BCUT2D eigenvalue weighted by Crippen LogP contribution is 2.60. The summed E-state index contributed by atoms with van der Waals surface area (Å²) >= 11 is 0. The molecule has 9 heteroatoms. The summed E-state index contributed by atoms with van der Waals surface area (Å²) in [6.07, 6.45) is -1.13. The first-order chi connectivity index (χ1) is 19.6. The Morgan fingerprint density at radius 1 is 0.953 bits per heavy atom. The van der Waals surface area contributed by atoms with E-state index in [1.54, 1.807) is 0 Å². The second-order valence-electron chi connectivity index (χ2n) is 15.6. The highest BCUT2D eigenvalue weighted by atomic mass is 28.4. The predicted molar refractivity (Wildman–Crippen MR) is 161 cm³/mol. The smallest absolute Gasteiger partial charge is 0.410 e. The molecular formula is C34H46F5NO2Si. The number of alkyl halides is 5. The molecule has 3 nitrogen and oxygen atoms in total. The van der Waals surface area contributed by atoms with Crippen molar-refractivity contribution < 1.29 is 31.1 Å². The van der Waals surface area contributed by atoms with Crippen LogP contribution in [0, 0.1) is 5.41 Å². The summed E-state index contributed by atoms with van der Waals surface area (Å²) in [5, 5.41) is 0.00747. The number of halogens is 5. The molecule has 0 N–H and O–H groups in total. The van der Waals surface area contributed by atoms with E-state index in [1.165, 1.54) is 12.1 Å². The zero-order valence-corrected chi connectivity index (χ0v) is 27.9. The fourth-order valence-electron chi connectivity index (χ4n) is 7.05. The molecule has 5 rings (SSSR count). The molecule has 2 aromatic rings. The Hall–Kier alpha value is -1.84. The van der Waals surface area contributed by atoms with Crippen molar-refractivity contribution in [2.45, 2.75) is 141 Å². The van der Waals surface area contributed by atoms with Gasteiger partial charge < -0.3 is 9.16 Å². The molecule has 0 radical (unpaired) electrons. The van der Waals surface area contributed by atoms with Crippen LogP contribution in [-0.4, -0.2) is 19.5 Å². The van der Waals surface area contributed by atoms with Crippen LogP contribution < -0.4 is 0 Å². The average molecular weight is 624 g/mol. The molecule has 43 heavy (non-hydrogen) atoms. The molecule has 0 bridgehead atoms. The van der Waals surface area contributed by atoms with E-state index in [9.17, 15) is 22.0 Å². The lowest BCUT2D eigenvalue weighted by Crippen LogP contribution is -2.44. The Morgan fingerprint density at radius 3 is 2.05 bits per heavy atom. The van der Waals surface area contributed by atoms with Crippen LogP contribution in [0.15, 0.2) is 24.3 Å². The summed E-state index contributed by atoms with van der Waals surface area (Å²) in [6.45, 7) is 20.0. The fraction of sp³-hybridized carbons (Fsp3) is 0.676. The minimum absolute atomic E-state index is 0.00747. The van der Waals surface area contributed by atoms with Gasteiger partial charge >= 0.3 is 12.1 Å². The van der Waals surface area contributed by atoms with E-state index in [1.807, 2.05) is 0 Å².